The van der Waals surface area contributed by atoms with Gasteiger partial charge < -0.3 is 9.26 Å². The fourth-order valence-electron chi connectivity index (χ4n) is 0.995. The fourth-order valence-corrected chi connectivity index (χ4v) is 1.44. The highest BCUT2D eigenvalue weighted by Crippen LogP contribution is 2.18. The second-order valence-corrected chi connectivity index (χ2v) is 3.85. The van der Waals surface area contributed by atoms with E-state index in [1.54, 1.807) is 24.3 Å². The molecule has 0 atom stereocenters. The fraction of sp³-hybridized carbons (Fsp3) is 0.111. The van der Waals surface area contributed by atoms with Crippen LogP contribution in [-0.2, 0) is 6.61 Å². The molecular formula is C9H6BrClN2O2. The number of hydrogen-bond acceptors (Lipinski definition) is 4. The number of rotatable bonds is 3. The highest BCUT2D eigenvalue weighted by molar-refractivity contribution is 9.10. The summed E-state index contributed by atoms with van der Waals surface area (Å²) in [6.45, 7) is 0.221. The van der Waals surface area contributed by atoms with Crippen LogP contribution in [0.1, 0.15) is 5.89 Å². The molecule has 1 heterocycles. The molecule has 78 valence electrons. The zero-order chi connectivity index (χ0) is 10.7. The molecule has 0 N–H and O–H groups in total. The number of halogens is 2. The first-order valence-electron chi connectivity index (χ1n) is 4.10. The van der Waals surface area contributed by atoms with Crippen molar-refractivity contribution in [1.29, 1.82) is 0 Å². The van der Waals surface area contributed by atoms with Crippen LogP contribution in [-0.4, -0.2) is 10.1 Å². The first-order valence-corrected chi connectivity index (χ1v) is 5.27. The van der Waals surface area contributed by atoms with Crippen molar-refractivity contribution >= 4 is 27.5 Å². The smallest absolute Gasteiger partial charge is 0.265 e. The summed E-state index contributed by atoms with van der Waals surface area (Å²) >= 11 is 8.87. The lowest BCUT2D eigenvalue weighted by atomic mass is 10.3. The summed E-state index contributed by atoms with van der Waals surface area (Å²) in [5, 5.41) is 4.20. The van der Waals surface area contributed by atoms with Crippen molar-refractivity contribution in [2.24, 2.45) is 0 Å². The van der Waals surface area contributed by atoms with Gasteiger partial charge in [0.1, 0.15) is 5.75 Å². The summed E-state index contributed by atoms with van der Waals surface area (Å²) in [7, 11) is 0. The van der Waals surface area contributed by atoms with E-state index in [9.17, 15) is 0 Å². The molecule has 0 aliphatic carbocycles. The summed E-state index contributed by atoms with van der Waals surface area (Å²) in [5.41, 5.74) is 0. The van der Waals surface area contributed by atoms with Gasteiger partial charge in [0, 0.05) is 5.02 Å². The van der Waals surface area contributed by atoms with Crippen molar-refractivity contribution in [2.75, 3.05) is 0 Å². The number of benzene rings is 1. The Morgan fingerprint density at radius 3 is 3.00 bits per heavy atom. The number of nitrogens with zero attached hydrogens (tertiary/aromatic N) is 2. The van der Waals surface area contributed by atoms with E-state index in [-0.39, 0.29) is 6.61 Å². The highest BCUT2D eigenvalue weighted by atomic mass is 79.9. The van der Waals surface area contributed by atoms with Crippen LogP contribution < -0.4 is 4.74 Å². The van der Waals surface area contributed by atoms with E-state index in [4.69, 9.17) is 20.9 Å². The topological polar surface area (TPSA) is 48.2 Å². The van der Waals surface area contributed by atoms with E-state index in [1.807, 2.05) is 0 Å². The molecule has 4 nitrogen and oxygen atoms in total. The highest BCUT2D eigenvalue weighted by Gasteiger charge is 2.04. The van der Waals surface area contributed by atoms with E-state index in [2.05, 4.69) is 26.1 Å². The molecule has 2 rings (SSSR count). The van der Waals surface area contributed by atoms with Gasteiger partial charge in [-0.3, -0.25) is 0 Å². The Kier molecular flexibility index (Phi) is 3.23. The van der Waals surface area contributed by atoms with Crippen LogP contribution in [0, 0.1) is 0 Å². The van der Waals surface area contributed by atoms with Gasteiger partial charge in [-0.2, -0.15) is 4.98 Å². The molecule has 0 fully saturated rings. The molecule has 0 saturated heterocycles. The number of aromatic nitrogens is 2. The van der Waals surface area contributed by atoms with Crippen LogP contribution in [0.3, 0.4) is 0 Å². The average Bonchev–Trinajstić information content (AvgIpc) is 2.62. The van der Waals surface area contributed by atoms with E-state index < -0.39 is 0 Å². The Morgan fingerprint density at radius 1 is 1.47 bits per heavy atom. The monoisotopic (exact) mass is 288 g/mol. The maximum atomic E-state index is 5.79. The molecule has 0 spiro atoms. The van der Waals surface area contributed by atoms with Crippen LogP contribution in [0.25, 0.3) is 0 Å². The standard InChI is InChI=1S/C9H6BrClN2O2/c10-9-12-8(15-13-9)5-14-7-3-1-2-6(11)4-7/h1-4H,5H2. The molecule has 1 aromatic heterocycles. The van der Waals surface area contributed by atoms with E-state index in [0.29, 0.717) is 21.4 Å². The lowest BCUT2D eigenvalue weighted by Gasteiger charge is -2.02. The summed E-state index contributed by atoms with van der Waals surface area (Å²) < 4.78 is 10.6. The zero-order valence-electron chi connectivity index (χ0n) is 7.48. The van der Waals surface area contributed by atoms with Gasteiger partial charge in [-0.15, -0.1) is 0 Å². The van der Waals surface area contributed by atoms with Gasteiger partial charge in [-0.25, -0.2) is 0 Å². The lowest BCUT2D eigenvalue weighted by Crippen LogP contribution is -1.95. The van der Waals surface area contributed by atoms with Gasteiger partial charge in [0.25, 0.3) is 5.89 Å². The second kappa shape index (κ2) is 4.63. The average molecular weight is 290 g/mol. The van der Waals surface area contributed by atoms with E-state index >= 15 is 0 Å². The number of ether oxygens (including phenoxy) is 1. The Labute approximate surface area is 99.3 Å². The lowest BCUT2D eigenvalue weighted by molar-refractivity contribution is 0.242. The molecule has 0 saturated carbocycles. The van der Waals surface area contributed by atoms with Gasteiger partial charge in [0.2, 0.25) is 4.73 Å². The van der Waals surface area contributed by atoms with Crippen molar-refractivity contribution in [3.63, 3.8) is 0 Å². The largest absolute Gasteiger partial charge is 0.484 e. The number of hydrogen-bond donors (Lipinski definition) is 0. The Hall–Kier alpha value is -1.07. The van der Waals surface area contributed by atoms with Gasteiger partial charge in [0.15, 0.2) is 6.61 Å². The van der Waals surface area contributed by atoms with Gasteiger partial charge >= 0.3 is 0 Å². The van der Waals surface area contributed by atoms with Crippen molar-refractivity contribution in [3.8, 4) is 5.75 Å². The summed E-state index contributed by atoms with van der Waals surface area (Å²) in [4.78, 5) is 3.93. The molecule has 2 aromatic rings. The quantitative estimate of drug-likeness (QED) is 0.871. The maximum Gasteiger partial charge on any atom is 0.265 e. The third-order valence-corrected chi connectivity index (χ3v) is 2.16. The third kappa shape index (κ3) is 2.94. The van der Waals surface area contributed by atoms with E-state index in [0.717, 1.165) is 0 Å². The molecule has 0 aliphatic rings. The molecule has 0 amide bonds. The van der Waals surface area contributed by atoms with Gasteiger partial charge in [-0.05, 0) is 39.3 Å². The minimum atomic E-state index is 0.221. The van der Waals surface area contributed by atoms with Crippen LogP contribution >= 0.6 is 27.5 Å². The molecule has 1 aromatic carbocycles. The maximum absolute atomic E-state index is 5.79. The molecule has 6 heteroatoms. The minimum Gasteiger partial charge on any atom is -0.484 e. The SMILES string of the molecule is Clc1cccc(OCc2nc(Br)no2)c1. The molecule has 0 bridgehead atoms. The van der Waals surface area contributed by atoms with Gasteiger partial charge in [0.05, 0.1) is 0 Å². The van der Waals surface area contributed by atoms with Crippen molar-refractivity contribution < 1.29 is 9.26 Å². The van der Waals surface area contributed by atoms with Crippen molar-refractivity contribution in [1.82, 2.24) is 10.1 Å². The predicted molar refractivity (Wildman–Crippen MR) is 57.8 cm³/mol. The van der Waals surface area contributed by atoms with Crippen LogP contribution in [0.15, 0.2) is 33.5 Å². The van der Waals surface area contributed by atoms with Crippen LogP contribution in [0.2, 0.25) is 5.02 Å². The molecular weight excluding hydrogens is 283 g/mol. The van der Waals surface area contributed by atoms with Crippen molar-refractivity contribution in [3.05, 3.63) is 39.9 Å². The summed E-state index contributed by atoms with van der Waals surface area (Å²) in [6, 6.07) is 7.10. The van der Waals surface area contributed by atoms with E-state index in [1.165, 1.54) is 0 Å². The molecule has 0 radical (unpaired) electrons. The Balaban J connectivity index is 1.99. The molecule has 15 heavy (non-hydrogen) atoms. The summed E-state index contributed by atoms with van der Waals surface area (Å²) in [5.74, 6) is 1.07. The normalized spacial score (nSPS) is 10.3. The second-order valence-electron chi connectivity index (χ2n) is 2.70. The predicted octanol–water partition coefficient (Wildman–Crippen LogP) is 3.06. The first kappa shape index (κ1) is 10.4. The third-order valence-electron chi connectivity index (χ3n) is 1.60. The van der Waals surface area contributed by atoms with Crippen LogP contribution in [0.4, 0.5) is 0 Å². The van der Waals surface area contributed by atoms with Gasteiger partial charge in [-0.1, -0.05) is 17.7 Å². The zero-order valence-corrected chi connectivity index (χ0v) is 9.83. The Bertz CT molecular complexity index is 461. The molecule has 0 unspecified atom stereocenters. The molecule has 0 aliphatic heterocycles. The van der Waals surface area contributed by atoms with Crippen molar-refractivity contribution in [2.45, 2.75) is 6.61 Å². The first-order chi connectivity index (χ1) is 7.24. The Morgan fingerprint density at radius 2 is 2.33 bits per heavy atom. The van der Waals surface area contributed by atoms with Crippen LogP contribution in [0.5, 0.6) is 5.75 Å². The summed E-state index contributed by atoms with van der Waals surface area (Å²) in [6.07, 6.45) is 0. The minimum absolute atomic E-state index is 0.221.